The van der Waals surface area contributed by atoms with Gasteiger partial charge < -0.3 is 4.74 Å². The normalized spacial score (nSPS) is 21.4. The first-order valence-electron chi connectivity index (χ1n) is 6.37. The van der Waals surface area contributed by atoms with Crippen LogP contribution in [-0.2, 0) is 19.4 Å². The fraction of sp³-hybridized carbons (Fsp3) is 0.917. The first kappa shape index (κ1) is 14.6. The third kappa shape index (κ3) is 6.17. The van der Waals surface area contributed by atoms with Crippen molar-refractivity contribution in [1.82, 2.24) is 0 Å². The maximum absolute atomic E-state index is 11.6. The molecule has 100 valence electrons. The van der Waals surface area contributed by atoms with Gasteiger partial charge in [0.15, 0.2) is 0 Å². The molecule has 1 fully saturated rings. The van der Waals surface area contributed by atoms with Crippen molar-refractivity contribution in [2.45, 2.75) is 51.6 Å². The van der Waals surface area contributed by atoms with Gasteiger partial charge in [-0.3, -0.25) is 4.79 Å². The number of sulfone groups is 1. The minimum Gasteiger partial charge on any atom is -0.378 e. The van der Waals surface area contributed by atoms with E-state index in [4.69, 9.17) is 4.74 Å². The fourth-order valence-corrected chi connectivity index (χ4v) is 2.83. The molecular weight excluding hydrogens is 240 g/mol. The lowest BCUT2D eigenvalue weighted by atomic mass is 10.0. The van der Waals surface area contributed by atoms with E-state index < -0.39 is 9.84 Å². The Kier molecular flexibility index (Phi) is 6.12. The Hall–Kier alpha value is -0.420. The Bertz CT molecular complexity index is 328. The Morgan fingerprint density at radius 1 is 1.35 bits per heavy atom. The van der Waals surface area contributed by atoms with Crippen LogP contribution in [-0.4, -0.2) is 38.4 Å². The number of ether oxygens (including phenoxy) is 1. The van der Waals surface area contributed by atoms with E-state index in [1.54, 1.807) is 6.92 Å². The number of hydrogen-bond donors (Lipinski definition) is 0. The summed E-state index contributed by atoms with van der Waals surface area (Å²) in [5.74, 6) is 0.413. The molecule has 0 aromatic heterocycles. The highest BCUT2D eigenvalue weighted by molar-refractivity contribution is 7.91. The molecule has 1 aliphatic rings. The van der Waals surface area contributed by atoms with Crippen LogP contribution in [0.1, 0.15) is 45.4 Å². The van der Waals surface area contributed by atoms with E-state index in [9.17, 15) is 13.2 Å². The lowest BCUT2D eigenvalue weighted by Gasteiger charge is -2.21. The van der Waals surface area contributed by atoms with Crippen molar-refractivity contribution in [2.24, 2.45) is 0 Å². The molecule has 0 aliphatic carbocycles. The molecule has 0 aromatic carbocycles. The number of carbonyl (C=O) groups excluding carboxylic acids is 1. The second-order valence-corrected chi connectivity index (χ2v) is 7.04. The summed E-state index contributed by atoms with van der Waals surface area (Å²) in [6, 6.07) is 0. The van der Waals surface area contributed by atoms with Crippen molar-refractivity contribution in [3.05, 3.63) is 0 Å². The predicted octanol–water partition coefficient (Wildman–Crippen LogP) is 1.73. The van der Waals surface area contributed by atoms with Crippen LogP contribution in [0.4, 0.5) is 0 Å². The molecule has 0 spiro atoms. The summed E-state index contributed by atoms with van der Waals surface area (Å²) in [6.07, 6.45) is 4.49. The van der Waals surface area contributed by atoms with Crippen molar-refractivity contribution in [1.29, 1.82) is 0 Å². The molecule has 0 bridgehead atoms. The van der Waals surface area contributed by atoms with Gasteiger partial charge in [0, 0.05) is 25.2 Å². The van der Waals surface area contributed by atoms with Gasteiger partial charge in [-0.1, -0.05) is 6.92 Å². The van der Waals surface area contributed by atoms with E-state index in [0.717, 1.165) is 25.9 Å². The highest BCUT2D eigenvalue weighted by atomic mass is 32.2. The van der Waals surface area contributed by atoms with Gasteiger partial charge in [-0.2, -0.15) is 0 Å². The fourth-order valence-electron chi connectivity index (χ4n) is 1.96. The maximum atomic E-state index is 11.6. The van der Waals surface area contributed by atoms with Crippen molar-refractivity contribution in [2.75, 3.05) is 18.1 Å². The molecule has 4 nitrogen and oxygen atoms in total. The Labute approximate surface area is 104 Å². The molecule has 5 heteroatoms. The van der Waals surface area contributed by atoms with Gasteiger partial charge in [-0.25, -0.2) is 8.42 Å². The second kappa shape index (κ2) is 7.11. The highest BCUT2D eigenvalue weighted by Crippen LogP contribution is 2.16. The van der Waals surface area contributed by atoms with Crippen LogP contribution in [0.5, 0.6) is 0 Å². The van der Waals surface area contributed by atoms with Gasteiger partial charge in [0.05, 0.1) is 11.9 Å². The summed E-state index contributed by atoms with van der Waals surface area (Å²) in [7, 11) is -2.93. The smallest absolute Gasteiger partial charge is 0.150 e. The zero-order valence-electron chi connectivity index (χ0n) is 10.5. The molecule has 1 rings (SSSR count). The summed E-state index contributed by atoms with van der Waals surface area (Å²) in [4.78, 5) is 11.6. The monoisotopic (exact) mass is 262 g/mol. The lowest BCUT2D eigenvalue weighted by molar-refractivity contribution is -0.122. The first-order chi connectivity index (χ1) is 8.03. The van der Waals surface area contributed by atoms with Crippen LogP contribution in [0.2, 0.25) is 0 Å². The lowest BCUT2D eigenvalue weighted by Crippen LogP contribution is -2.22. The largest absolute Gasteiger partial charge is 0.378 e. The van der Waals surface area contributed by atoms with Crippen LogP contribution < -0.4 is 0 Å². The number of rotatable bonds is 7. The van der Waals surface area contributed by atoms with Crippen molar-refractivity contribution in [3.63, 3.8) is 0 Å². The summed E-state index contributed by atoms with van der Waals surface area (Å²) in [5, 5.41) is 0. The van der Waals surface area contributed by atoms with Gasteiger partial charge in [-0.05, 0) is 25.7 Å². The van der Waals surface area contributed by atoms with E-state index in [0.29, 0.717) is 19.3 Å². The zero-order chi connectivity index (χ0) is 12.7. The summed E-state index contributed by atoms with van der Waals surface area (Å²) < 4.78 is 27.9. The number of Topliss-reactive ketones (excluding diaryl/α,β-unsaturated/α-hetero) is 1. The van der Waals surface area contributed by atoms with Crippen LogP contribution in [0.3, 0.4) is 0 Å². The summed E-state index contributed by atoms with van der Waals surface area (Å²) in [5.41, 5.74) is 0. The van der Waals surface area contributed by atoms with E-state index >= 15 is 0 Å². The summed E-state index contributed by atoms with van der Waals surface area (Å²) in [6.45, 7) is 2.38. The topological polar surface area (TPSA) is 60.4 Å². The quantitative estimate of drug-likeness (QED) is 0.701. The molecule has 1 atom stereocenters. The number of carbonyl (C=O) groups is 1. The highest BCUT2D eigenvalue weighted by Gasteiger charge is 2.17. The second-order valence-electron chi connectivity index (χ2n) is 4.57. The van der Waals surface area contributed by atoms with Gasteiger partial charge in [0.2, 0.25) is 0 Å². The van der Waals surface area contributed by atoms with Gasteiger partial charge in [-0.15, -0.1) is 0 Å². The van der Waals surface area contributed by atoms with Gasteiger partial charge in [0.25, 0.3) is 0 Å². The van der Waals surface area contributed by atoms with E-state index in [1.165, 1.54) is 0 Å². The molecule has 17 heavy (non-hydrogen) atoms. The van der Waals surface area contributed by atoms with Gasteiger partial charge >= 0.3 is 0 Å². The average molecular weight is 262 g/mol. The SMILES string of the molecule is CCS(=O)(=O)CCCC(=O)CC1CCCCO1. The molecule has 1 heterocycles. The molecule has 0 aromatic rings. The Morgan fingerprint density at radius 3 is 2.71 bits per heavy atom. The minimum absolute atomic E-state index is 0.0685. The average Bonchev–Trinajstić information content (AvgIpc) is 2.30. The Morgan fingerprint density at radius 2 is 2.12 bits per heavy atom. The van der Waals surface area contributed by atoms with Crippen LogP contribution in [0, 0.1) is 0 Å². The predicted molar refractivity (Wildman–Crippen MR) is 66.8 cm³/mol. The Balaban J connectivity index is 2.16. The molecule has 0 N–H and O–H groups in total. The van der Waals surface area contributed by atoms with E-state index in [2.05, 4.69) is 0 Å². The van der Waals surface area contributed by atoms with Crippen molar-refractivity contribution >= 4 is 15.6 Å². The van der Waals surface area contributed by atoms with Crippen LogP contribution in [0.25, 0.3) is 0 Å². The molecule has 0 saturated carbocycles. The van der Waals surface area contributed by atoms with Crippen molar-refractivity contribution < 1.29 is 17.9 Å². The number of hydrogen-bond acceptors (Lipinski definition) is 4. The molecule has 0 amide bonds. The van der Waals surface area contributed by atoms with E-state index in [1.807, 2.05) is 0 Å². The molecule has 1 unspecified atom stereocenters. The number of ketones is 1. The third-order valence-corrected chi connectivity index (χ3v) is 4.87. The van der Waals surface area contributed by atoms with Crippen LogP contribution in [0.15, 0.2) is 0 Å². The van der Waals surface area contributed by atoms with Gasteiger partial charge in [0.1, 0.15) is 15.6 Å². The molecular formula is C12H22O4S. The summed E-state index contributed by atoms with van der Waals surface area (Å²) >= 11 is 0. The molecule has 1 aliphatic heterocycles. The molecule has 1 saturated heterocycles. The standard InChI is InChI=1S/C12H22O4S/c1-2-17(14,15)9-5-6-11(13)10-12-7-3-4-8-16-12/h12H,2-10H2,1H3. The van der Waals surface area contributed by atoms with Crippen LogP contribution >= 0.6 is 0 Å². The maximum Gasteiger partial charge on any atom is 0.150 e. The molecule has 0 radical (unpaired) electrons. The third-order valence-electron chi connectivity index (χ3n) is 3.08. The van der Waals surface area contributed by atoms with E-state index in [-0.39, 0.29) is 23.4 Å². The van der Waals surface area contributed by atoms with Crippen molar-refractivity contribution in [3.8, 4) is 0 Å². The first-order valence-corrected chi connectivity index (χ1v) is 8.19. The minimum atomic E-state index is -2.93. The zero-order valence-corrected chi connectivity index (χ0v) is 11.3.